The van der Waals surface area contributed by atoms with E-state index in [1.54, 1.807) is 30.7 Å². The number of rotatable bonds is 3. The van der Waals surface area contributed by atoms with Gasteiger partial charge in [0.15, 0.2) is 0 Å². The maximum absolute atomic E-state index is 10.7. The van der Waals surface area contributed by atoms with Gasteiger partial charge in [0, 0.05) is 13.1 Å². The number of nitrogens with zero attached hydrogens (tertiary/aromatic N) is 1. The van der Waals surface area contributed by atoms with Gasteiger partial charge in [0.2, 0.25) is 5.91 Å². The lowest BCUT2D eigenvalue weighted by Gasteiger charge is -1.98. The van der Waals surface area contributed by atoms with E-state index in [2.05, 4.69) is 10.3 Å². The van der Waals surface area contributed by atoms with Crippen molar-refractivity contribution in [3.05, 3.63) is 35.8 Å². The molecule has 1 N–H and O–H groups in total. The number of allylic oxidation sites excluding steroid dienone is 1. The Morgan fingerprint density at radius 3 is 2.86 bits per heavy atom. The van der Waals surface area contributed by atoms with Gasteiger partial charge in [0.25, 0.3) is 6.29 Å². The van der Waals surface area contributed by atoms with Crippen LogP contribution in [0.15, 0.2) is 30.1 Å². The number of aromatic nitrogens is 1. The van der Waals surface area contributed by atoms with Crippen LogP contribution in [0.2, 0.25) is 0 Å². The van der Waals surface area contributed by atoms with Crippen LogP contribution in [0.3, 0.4) is 0 Å². The molecule has 0 bridgehead atoms. The minimum absolute atomic E-state index is 0.0798. The number of carbonyl (C=O) groups is 1. The first-order chi connectivity index (χ1) is 6.72. The molecule has 1 heterocycles. The fraction of sp³-hybridized carbons (Fsp3) is 0.100. The molecule has 71 valence electrons. The van der Waals surface area contributed by atoms with Gasteiger partial charge in [-0.1, -0.05) is 6.07 Å². The van der Waals surface area contributed by atoms with Crippen molar-refractivity contribution in [1.29, 1.82) is 0 Å². The van der Waals surface area contributed by atoms with Crippen LogP contribution in [-0.2, 0) is 9.59 Å². The Hall–Kier alpha value is -1.97. The molecule has 0 unspecified atom stereocenters. The number of nitrogens with one attached hydrogen (secondary N) is 1. The van der Waals surface area contributed by atoms with Gasteiger partial charge < -0.3 is 5.32 Å². The molecule has 0 aromatic carbocycles. The van der Waals surface area contributed by atoms with Crippen LogP contribution in [-0.4, -0.2) is 17.2 Å². The van der Waals surface area contributed by atoms with E-state index in [1.807, 2.05) is 0 Å². The van der Waals surface area contributed by atoms with Crippen molar-refractivity contribution < 1.29 is 9.59 Å². The van der Waals surface area contributed by atoms with E-state index >= 15 is 0 Å². The highest BCUT2D eigenvalue weighted by molar-refractivity contribution is 5.88. The molecule has 1 aromatic heterocycles. The van der Waals surface area contributed by atoms with Gasteiger partial charge in [0.05, 0.1) is 11.4 Å². The third-order valence-electron chi connectivity index (χ3n) is 1.40. The van der Waals surface area contributed by atoms with Crippen molar-refractivity contribution in [1.82, 2.24) is 10.3 Å². The number of pyridine rings is 1. The van der Waals surface area contributed by atoms with Crippen LogP contribution in [0, 0.1) is 0 Å². The van der Waals surface area contributed by atoms with Crippen molar-refractivity contribution in [2.75, 3.05) is 0 Å². The van der Waals surface area contributed by atoms with E-state index in [0.717, 1.165) is 0 Å². The summed E-state index contributed by atoms with van der Waals surface area (Å²) in [7, 11) is 0. The predicted octanol–water partition coefficient (Wildman–Crippen LogP) is 0.668. The molecule has 14 heavy (non-hydrogen) atoms. The summed E-state index contributed by atoms with van der Waals surface area (Å²) in [5.41, 5.74) is 0.677. The number of hydrogen-bond acceptors (Lipinski definition) is 3. The smallest absolute Gasteiger partial charge is 0.251 e. The van der Waals surface area contributed by atoms with Crippen molar-refractivity contribution in [2.24, 2.45) is 0 Å². The molecule has 1 amide bonds. The SMILES string of the molecule is CC(=O)N/C([C]=O)=C/c1ccccn1. The largest absolute Gasteiger partial charge is 0.323 e. The van der Waals surface area contributed by atoms with E-state index in [9.17, 15) is 9.59 Å². The van der Waals surface area contributed by atoms with Gasteiger partial charge in [0.1, 0.15) is 0 Å². The lowest BCUT2D eigenvalue weighted by molar-refractivity contribution is -0.118. The fourth-order valence-corrected chi connectivity index (χ4v) is 0.890. The van der Waals surface area contributed by atoms with Crippen LogP contribution in [0.25, 0.3) is 6.08 Å². The Bertz CT molecular complexity index is 358. The molecule has 4 heteroatoms. The normalized spacial score (nSPS) is 10.8. The van der Waals surface area contributed by atoms with Gasteiger partial charge in [-0.2, -0.15) is 0 Å². The van der Waals surface area contributed by atoms with E-state index in [4.69, 9.17) is 0 Å². The molecule has 4 nitrogen and oxygen atoms in total. The van der Waals surface area contributed by atoms with Crippen molar-refractivity contribution in [3.8, 4) is 0 Å². The molecule has 0 aliphatic carbocycles. The van der Waals surface area contributed by atoms with Crippen LogP contribution >= 0.6 is 0 Å². The first-order valence-electron chi connectivity index (χ1n) is 4.01. The quantitative estimate of drug-likeness (QED) is 0.711. The molecule has 0 aliphatic heterocycles. The Morgan fingerprint density at radius 1 is 1.57 bits per heavy atom. The number of amides is 1. The number of hydrogen-bond donors (Lipinski definition) is 1. The van der Waals surface area contributed by atoms with Crippen molar-refractivity contribution in [2.45, 2.75) is 6.92 Å². The molecule has 1 aromatic rings. The highest BCUT2D eigenvalue weighted by Crippen LogP contribution is 1.99. The zero-order valence-electron chi connectivity index (χ0n) is 7.65. The molecule has 0 aliphatic rings. The monoisotopic (exact) mass is 189 g/mol. The van der Waals surface area contributed by atoms with Gasteiger partial charge in [-0.3, -0.25) is 14.6 Å². The summed E-state index contributed by atoms with van der Waals surface area (Å²) in [6, 6.07) is 5.27. The zero-order chi connectivity index (χ0) is 10.4. The first-order valence-corrected chi connectivity index (χ1v) is 4.01. The van der Waals surface area contributed by atoms with E-state index in [-0.39, 0.29) is 11.6 Å². The molecule has 1 rings (SSSR count). The lowest BCUT2D eigenvalue weighted by Crippen LogP contribution is -2.19. The van der Waals surface area contributed by atoms with Gasteiger partial charge in [-0.05, 0) is 18.2 Å². The summed E-state index contributed by atoms with van der Waals surface area (Å²) < 4.78 is 0. The van der Waals surface area contributed by atoms with Gasteiger partial charge in [-0.15, -0.1) is 0 Å². The number of carbonyl (C=O) groups excluding carboxylic acids is 2. The molecule has 0 atom stereocenters. The minimum Gasteiger partial charge on any atom is -0.323 e. The summed E-state index contributed by atoms with van der Waals surface area (Å²) in [5.74, 6) is -0.310. The Labute approximate surface area is 81.7 Å². The summed E-state index contributed by atoms with van der Waals surface area (Å²) in [5, 5.41) is 2.34. The average Bonchev–Trinajstić information content (AvgIpc) is 2.17. The highest BCUT2D eigenvalue weighted by atomic mass is 16.2. The Morgan fingerprint density at radius 2 is 2.36 bits per heavy atom. The van der Waals surface area contributed by atoms with Crippen LogP contribution in [0.5, 0.6) is 0 Å². The summed E-state index contributed by atoms with van der Waals surface area (Å²) in [6.45, 7) is 1.32. The standard InChI is InChI=1S/C10H9N2O2/c1-8(14)12-10(7-13)6-9-4-2-3-5-11-9/h2-6H,1H3,(H,12,14)/b10-6+. The highest BCUT2D eigenvalue weighted by Gasteiger charge is 1.99. The zero-order valence-corrected chi connectivity index (χ0v) is 7.65. The summed E-state index contributed by atoms with van der Waals surface area (Å²) >= 11 is 0. The second-order valence-corrected chi connectivity index (χ2v) is 2.60. The van der Waals surface area contributed by atoms with E-state index in [1.165, 1.54) is 13.0 Å². The first kappa shape index (κ1) is 10.1. The third kappa shape index (κ3) is 3.18. The maximum atomic E-state index is 10.7. The van der Waals surface area contributed by atoms with Crippen molar-refractivity contribution >= 4 is 18.3 Å². The van der Waals surface area contributed by atoms with Crippen LogP contribution < -0.4 is 5.32 Å². The van der Waals surface area contributed by atoms with Crippen molar-refractivity contribution in [3.63, 3.8) is 0 Å². The van der Waals surface area contributed by atoms with Gasteiger partial charge in [-0.25, -0.2) is 0 Å². The molecular weight excluding hydrogens is 180 g/mol. The molecule has 0 saturated carbocycles. The lowest BCUT2D eigenvalue weighted by atomic mass is 10.3. The van der Waals surface area contributed by atoms with E-state index < -0.39 is 0 Å². The second kappa shape index (κ2) is 4.91. The molecular formula is C10H9N2O2. The Balaban J connectivity index is 2.84. The summed E-state index contributed by atoms with van der Waals surface area (Å²) in [6.07, 6.45) is 4.67. The molecule has 0 fully saturated rings. The topological polar surface area (TPSA) is 59.1 Å². The minimum atomic E-state index is -0.310. The van der Waals surface area contributed by atoms with E-state index in [0.29, 0.717) is 5.69 Å². The summed E-state index contributed by atoms with van der Waals surface area (Å²) in [4.78, 5) is 25.0. The average molecular weight is 189 g/mol. The second-order valence-electron chi connectivity index (χ2n) is 2.60. The molecule has 0 saturated heterocycles. The Kier molecular flexibility index (Phi) is 3.55. The van der Waals surface area contributed by atoms with Crippen LogP contribution in [0.4, 0.5) is 0 Å². The molecule has 1 radical (unpaired) electrons. The van der Waals surface area contributed by atoms with Crippen LogP contribution in [0.1, 0.15) is 12.6 Å². The fourth-order valence-electron chi connectivity index (χ4n) is 0.890. The van der Waals surface area contributed by atoms with Gasteiger partial charge >= 0.3 is 0 Å². The third-order valence-corrected chi connectivity index (χ3v) is 1.40. The predicted molar refractivity (Wildman–Crippen MR) is 51.7 cm³/mol. The maximum Gasteiger partial charge on any atom is 0.251 e. The molecule has 0 spiro atoms.